The zero-order valence-electron chi connectivity index (χ0n) is 16.5. The largest absolute Gasteiger partial charge is 0.457 e. The van der Waals surface area contributed by atoms with Gasteiger partial charge in [0.2, 0.25) is 0 Å². The Morgan fingerprint density at radius 2 is 2.04 bits per heavy atom. The number of ether oxygens (including phenoxy) is 2. The lowest BCUT2D eigenvalue weighted by Crippen LogP contribution is -2.45. The van der Waals surface area contributed by atoms with Gasteiger partial charge in [0.1, 0.15) is 22.9 Å². The Hall–Kier alpha value is -1.95. The van der Waals surface area contributed by atoms with E-state index in [0.717, 1.165) is 50.8 Å². The summed E-state index contributed by atoms with van der Waals surface area (Å²) in [5, 5.41) is 12.8. The van der Waals surface area contributed by atoms with Gasteiger partial charge < -0.3 is 19.9 Å². The molecule has 1 saturated heterocycles. The molecule has 152 valence electrons. The van der Waals surface area contributed by atoms with Crippen molar-refractivity contribution in [2.24, 2.45) is 5.92 Å². The van der Waals surface area contributed by atoms with Crippen LogP contribution in [0.1, 0.15) is 37.7 Å². The zero-order valence-corrected chi connectivity index (χ0v) is 16.5. The Bertz CT molecular complexity index is 748. The molecule has 2 aromatic rings. The maximum Gasteiger partial charge on any atom is 0.133 e. The number of benzene rings is 2. The maximum absolute atomic E-state index is 13.6. The topological polar surface area (TPSA) is 50.7 Å². The van der Waals surface area contributed by atoms with E-state index in [4.69, 9.17) is 9.47 Å². The molecular weight excluding hydrogens is 357 g/mol. The molecule has 0 bridgehead atoms. The number of rotatable bonds is 9. The Kier molecular flexibility index (Phi) is 7.43. The minimum absolute atomic E-state index is 0.171. The molecule has 0 aromatic heterocycles. The van der Waals surface area contributed by atoms with E-state index in [2.05, 4.69) is 5.32 Å². The van der Waals surface area contributed by atoms with Crippen LogP contribution in [0.2, 0.25) is 0 Å². The summed E-state index contributed by atoms with van der Waals surface area (Å²) in [5.74, 6) is 1.12. The Labute approximate surface area is 166 Å². The monoisotopic (exact) mass is 387 g/mol. The van der Waals surface area contributed by atoms with Crippen molar-refractivity contribution < 1.29 is 19.0 Å². The molecule has 1 aliphatic rings. The molecule has 0 radical (unpaired) electrons. The van der Waals surface area contributed by atoms with E-state index in [-0.39, 0.29) is 12.4 Å². The van der Waals surface area contributed by atoms with E-state index in [1.807, 2.05) is 24.3 Å². The van der Waals surface area contributed by atoms with Crippen molar-refractivity contribution in [1.82, 2.24) is 5.32 Å². The third kappa shape index (κ3) is 4.72. The second kappa shape index (κ2) is 10.0. The smallest absolute Gasteiger partial charge is 0.133 e. The highest BCUT2D eigenvalue weighted by atomic mass is 19.1. The lowest BCUT2D eigenvalue weighted by molar-refractivity contribution is -0.0808. The van der Waals surface area contributed by atoms with Gasteiger partial charge in [-0.1, -0.05) is 24.3 Å². The SMILES string of the molecule is CO[C@](CCCCO)(c1ccccc1Oc1cccc(F)c1)[C@@H]1CCCNC1. The van der Waals surface area contributed by atoms with Gasteiger partial charge >= 0.3 is 0 Å². The molecule has 2 N–H and O–H groups in total. The van der Waals surface area contributed by atoms with E-state index in [1.54, 1.807) is 19.2 Å². The lowest BCUT2D eigenvalue weighted by atomic mass is 9.74. The van der Waals surface area contributed by atoms with Gasteiger partial charge in [-0.25, -0.2) is 4.39 Å². The number of piperidine rings is 1. The number of para-hydroxylation sites is 1. The van der Waals surface area contributed by atoms with Crippen LogP contribution < -0.4 is 10.1 Å². The zero-order chi connectivity index (χ0) is 19.8. The van der Waals surface area contributed by atoms with Crippen LogP contribution in [-0.2, 0) is 10.3 Å². The predicted octanol–water partition coefficient (Wildman–Crippen LogP) is 4.62. The van der Waals surface area contributed by atoms with E-state index < -0.39 is 5.60 Å². The first-order valence-corrected chi connectivity index (χ1v) is 10.1. The number of methoxy groups -OCH3 is 1. The highest BCUT2D eigenvalue weighted by molar-refractivity contribution is 5.42. The van der Waals surface area contributed by atoms with Crippen molar-refractivity contribution in [3.05, 3.63) is 59.9 Å². The molecule has 0 aliphatic carbocycles. The quantitative estimate of drug-likeness (QED) is 0.617. The number of hydrogen-bond donors (Lipinski definition) is 2. The fraction of sp³-hybridized carbons (Fsp3) is 0.478. The van der Waals surface area contributed by atoms with Crippen molar-refractivity contribution in [2.75, 3.05) is 26.8 Å². The number of nitrogens with one attached hydrogen (secondary N) is 1. The fourth-order valence-corrected chi connectivity index (χ4v) is 4.25. The summed E-state index contributed by atoms with van der Waals surface area (Å²) >= 11 is 0. The lowest BCUT2D eigenvalue weighted by Gasteiger charge is -2.43. The minimum Gasteiger partial charge on any atom is -0.457 e. The van der Waals surface area contributed by atoms with Crippen LogP contribution >= 0.6 is 0 Å². The molecule has 0 amide bonds. The summed E-state index contributed by atoms with van der Waals surface area (Å²) in [7, 11) is 1.76. The van der Waals surface area contributed by atoms with E-state index >= 15 is 0 Å². The molecule has 2 atom stereocenters. The third-order valence-corrected chi connectivity index (χ3v) is 5.64. The van der Waals surface area contributed by atoms with Gasteiger partial charge in [-0.15, -0.1) is 0 Å². The first-order chi connectivity index (χ1) is 13.7. The number of aliphatic hydroxyl groups is 1. The average molecular weight is 387 g/mol. The third-order valence-electron chi connectivity index (χ3n) is 5.64. The van der Waals surface area contributed by atoms with Crippen LogP contribution in [0, 0.1) is 11.7 Å². The predicted molar refractivity (Wildman–Crippen MR) is 108 cm³/mol. The molecule has 3 rings (SSSR count). The molecule has 4 nitrogen and oxygen atoms in total. The molecule has 1 fully saturated rings. The average Bonchev–Trinajstić information content (AvgIpc) is 2.73. The molecule has 1 aliphatic heterocycles. The van der Waals surface area contributed by atoms with E-state index in [9.17, 15) is 9.50 Å². The van der Waals surface area contributed by atoms with Crippen molar-refractivity contribution >= 4 is 0 Å². The molecular formula is C23H30FNO3. The van der Waals surface area contributed by atoms with Gasteiger partial charge in [-0.3, -0.25) is 0 Å². The Morgan fingerprint density at radius 1 is 1.18 bits per heavy atom. The van der Waals surface area contributed by atoms with Crippen molar-refractivity contribution in [2.45, 2.75) is 37.7 Å². The van der Waals surface area contributed by atoms with Crippen LogP contribution in [0.5, 0.6) is 11.5 Å². The highest BCUT2D eigenvalue weighted by Gasteiger charge is 2.42. The molecule has 2 aromatic carbocycles. The van der Waals surface area contributed by atoms with Gasteiger partial charge in [0.25, 0.3) is 0 Å². The second-order valence-corrected chi connectivity index (χ2v) is 7.37. The van der Waals surface area contributed by atoms with Crippen molar-refractivity contribution in [3.63, 3.8) is 0 Å². The van der Waals surface area contributed by atoms with Gasteiger partial charge in [0, 0.05) is 37.8 Å². The normalized spacial score (nSPS) is 19.2. The van der Waals surface area contributed by atoms with Gasteiger partial charge in [0.15, 0.2) is 0 Å². The van der Waals surface area contributed by atoms with Crippen LogP contribution in [0.25, 0.3) is 0 Å². The number of halogens is 1. The molecule has 1 heterocycles. The Balaban J connectivity index is 1.98. The standard InChI is InChI=1S/C23H30FNO3/c1-27-23(13-4-5-15-26,18-8-7-14-25-17-18)21-11-2-3-12-22(21)28-20-10-6-9-19(24)16-20/h2-3,6,9-12,16,18,25-26H,4-5,7-8,13-15,17H2,1H3/t18-,23+/m1/s1. The Morgan fingerprint density at radius 3 is 2.75 bits per heavy atom. The van der Waals surface area contributed by atoms with Gasteiger partial charge in [-0.05, 0) is 56.8 Å². The van der Waals surface area contributed by atoms with Crippen LogP contribution in [0.3, 0.4) is 0 Å². The maximum atomic E-state index is 13.6. The number of unbranched alkanes of at least 4 members (excludes halogenated alkanes) is 1. The molecule has 0 unspecified atom stereocenters. The highest BCUT2D eigenvalue weighted by Crippen LogP contribution is 2.45. The summed E-state index contributed by atoms with van der Waals surface area (Å²) < 4.78 is 26.0. The van der Waals surface area contributed by atoms with Gasteiger partial charge in [-0.2, -0.15) is 0 Å². The number of aliphatic hydroxyl groups excluding tert-OH is 1. The van der Waals surface area contributed by atoms with Crippen molar-refractivity contribution in [3.8, 4) is 11.5 Å². The fourth-order valence-electron chi connectivity index (χ4n) is 4.25. The summed E-state index contributed by atoms with van der Waals surface area (Å²) in [6.07, 6.45) is 4.55. The molecule has 28 heavy (non-hydrogen) atoms. The van der Waals surface area contributed by atoms with E-state index in [0.29, 0.717) is 17.4 Å². The van der Waals surface area contributed by atoms with Crippen LogP contribution in [0.4, 0.5) is 4.39 Å². The summed E-state index contributed by atoms with van der Waals surface area (Å²) in [6, 6.07) is 14.1. The molecule has 0 saturated carbocycles. The minimum atomic E-state index is -0.521. The molecule has 0 spiro atoms. The molecule has 5 heteroatoms. The van der Waals surface area contributed by atoms with Crippen LogP contribution in [-0.4, -0.2) is 31.9 Å². The first-order valence-electron chi connectivity index (χ1n) is 10.1. The second-order valence-electron chi connectivity index (χ2n) is 7.37. The van der Waals surface area contributed by atoms with E-state index in [1.165, 1.54) is 12.1 Å². The summed E-state index contributed by atoms with van der Waals surface area (Å²) in [4.78, 5) is 0. The number of hydrogen-bond acceptors (Lipinski definition) is 4. The summed E-state index contributed by atoms with van der Waals surface area (Å²) in [6.45, 7) is 2.07. The van der Waals surface area contributed by atoms with Gasteiger partial charge in [0.05, 0.1) is 0 Å². The van der Waals surface area contributed by atoms with Crippen molar-refractivity contribution in [1.29, 1.82) is 0 Å². The summed E-state index contributed by atoms with van der Waals surface area (Å²) in [5.41, 5.74) is 0.459. The van der Waals surface area contributed by atoms with Crippen LogP contribution in [0.15, 0.2) is 48.5 Å². The first kappa shape index (κ1) is 20.8.